The molecule has 0 bridgehead atoms. The van der Waals surface area contributed by atoms with Crippen LogP contribution in [0.3, 0.4) is 0 Å². The Morgan fingerprint density at radius 1 is 1.08 bits per heavy atom. The molecule has 0 N–H and O–H groups in total. The maximum atomic E-state index is 12.8. The number of hydrogen-bond donors (Lipinski definition) is 0. The molecule has 0 aliphatic carbocycles. The highest BCUT2D eigenvalue weighted by atomic mass is 16.5. The molecule has 2 aromatic carbocycles. The molecule has 1 aliphatic heterocycles. The van der Waals surface area contributed by atoms with Gasteiger partial charge in [0.1, 0.15) is 13.2 Å². The molecule has 3 rings (SSSR count). The van der Waals surface area contributed by atoms with Crippen molar-refractivity contribution in [2.24, 2.45) is 0 Å². The van der Waals surface area contributed by atoms with E-state index in [-0.39, 0.29) is 19.1 Å². The zero-order valence-corrected chi connectivity index (χ0v) is 15.1. The SMILES string of the molecule is CC1(C)OCC(=O)N(Cc2ccccc2)C1C(=O)OCc1ccccc1. The normalized spacial score (nSPS) is 19.2. The van der Waals surface area contributed by atoms with Gasteiger partial charge in [0.25, 0.3) is 0 Å². The fourth-order valence-corrected chi connectivity index (χ4v) is 3.11. The summed E-state index contributed by atoms with van der Waals surface area (Å²) in [5, 5.41) is 0. The number of carbonyl (C=O) groups is 2. The summed E-state index contributed by atoms with van der Waals surface area (Å²) in [6.45, 7) is 4.09. The predicted molar refractivity (Wildman–Crippen MR) is 97.0 cm³/mol. The van der Waals surface area contributed by atoms with Gasteiger partial charge < -0.3 is 14.4 Å². The van der Waals surface area contributed by atoms with Gasteiger partial charge in [-0.05, 0) is 25.0 Å². The van der Waals surface area contributed by atoms with Crippen molar-refractivity contribution >= 4 is 11.9 Å². The Morgan fingerprint density at radius 3 is 2.27 bits per heavy atom. The summed E-state index contributed by atoms with van der Waals surface area (Å²) in [6, 6.07) is 18.3. The predicted octanol–water partition coefficient (Wildman–Crippen LogP) is 2.94. The summed E-state index contributed by atoms with van der Waals surface area (Å²) in [7, 11) is 0. The van der Waals surface area contributed by atoms with E-state index in [2.05, 4.69) is 0 Å². The van der Waals surface area contributed by atoms with E-state index in [1.807, 2.05) is 74.5 Å². The number of hydrogen-bond acceptors (Lipinski definition) is 4. The summed E-state index contributed by atoms with van der Waals surface area (Å²) < 4.78 is 11.1. The maximum absolute atomic E-state index is 12.8. The molecular weight excluding hydrogens is 330 g/mol. The topological polar surface area (TPSA) is 55.8 Å². The molecule has 0 radical (unpaired) electrons. The molecule has 0 spiro atoms. The molecule has 1 saturated heterocycles. The number of carbonyl (C=O) groups excluding carboxylic acids is 2. The van der Waals surface area contributed by atoms with E-state index in [1.165, 1.54) is 0 Å². The summed E-state index contributed by atoms with van der Waals surface area (Å²) in [5.41, 5.74) is 1.03. The second-order valence-electron chi connectivity index (χ2n) is 6.90. The van der Waals surface area contributed by atoms with Gasteiger partial charge in [-0.2, -0.15) is 0 Å². The van der Waals surface area contributed by atoms with Crippen molar-refractivity contribution in [1.29, 1.82) is 0 Å². The lowest BCUT2D eigenvalue weighted by Crippen LogP contribution is -2.62. The largest absolute Gasteiger partial charge is 0.459 e. The number of esters is 1. The van der Waals surface area contributed by atoms with Crippen LogP contribution in [0.1, 0.15) is 25.0 Å². The molecule has 2 aromatic rings. The molecule has 0 saturated carbocycles. The number of ether oxygens (including phenoxy) is 2. The Hall–Kier alpha value is -2.66. The van der Waals surface area contributed by atoms with Crippen molar-refractivity contribution in [3.05, 3.63) is 71.8 Å². The van der Waals surface area contributed by atoms with Gasteiger partial charge in [0.2, 0.25) is 5.91 Å². The second-order valence-corrected chi connectivity index (χ2v) is 6.90. The first kappa shape index (κ1) is 18.1. The van der Waals surface area contributed by atoms with Crippen LogP contribution in [0.2, 0.25) is 0 Å². The van der Waals surface area contributed by atoms with Crippen LogP contribution in [0, 0.1) is 0 Å². The minimum atomic E-state index is -0.823. The molecule has 0 aromatic heterocycles. The van der Waals surface area contributed by atoms with E-state index in [0.29, 0.717) is 6.54 Å². The summed E-state index contributed by atoms with van der Waals surface area (Å²) >= 11 is 0. The average Bonchev–Trinajstić information content (AvgIpc) is 2.64. The molecule has 5 nitrogen and oxygen atoms in total. The third kappa shape index (κ3) is 4.11. The van der Waals surface area contributed by atoms with Crippen molar-refractivity contribution < 1.29 is 19.1 Å². The first-order valence-corrected chi connectivity index (χ1v) is 8.65. The second kappa shape index (κ2) is 7.70. The first-order chi connectivity index (χ1) is 12.5. The zero-order valence-electron chi connectivity index (χ0n) is 15.1. The van der Waals surface area contributed by atoms with E-state index in [4.69, 9.17) is 9.47 Å². The van der Waals surface area contributed by atoms with Gasteiger partial charge in [-0.1, -0.05) is 60.7 Å². The minimum Gasteiger partial charge on any atom is -0.459 e. The highest BCUT2D eigenvalue weighted by Gasteiger charge is 2.47. The smallest absolute Gasteiger partial charge is 0.332 e. The molecule has 1 unspecified atom stereocenters. The van der Waals surface area contributed by atoms with Crippen molar-refractivity contribution in [3.63, 3.8) is 0 Å². The number of benzene rings is 2. The third-order valence-corrected chi connectivity index (χ3v) is 4.50. The van der Waals surface area contributed by atoms with Crippen LogP contribution in [0.15, 0.2) is 60.7 Å². The average molecular weight is 353 g/mol. The first-order valence-electron chi connectivity index (χ1n) is 8.65. The van der Waals surface area contributed by atoms with E-state index < -0.39 is 17.6 Å². The lowest BCUT2D eigenvalue weighted by molar-refractivity contribution is -0.189. The lowest BCUT2D eigenvalue weighted by atomic mass is 9.94. The lowest BCUT2D eigenvalue weighted by Gasteiger charge is -2.44. The van der Waals surface area contributed by atoms with Gasteiger partial charge in [0.15, 0.2) is 6.04 Å². The number of amides is 1. The molecule has 136 valence electrons. The van der Waals surface area contributed by atoms with Crippen LogP contribution in [0.25, 0.3) is 0 Å². The van der Waals surface area contributed by atoms with Crippen LogP contribution < -0.4 is 0 Å². The van der Waals surface area contributed by atoms with E-state index in [0.717, 1.165) is 11.1 Å². The summed E-state index contributed by atoms with van der Waals surface area (Å²) in [5.74, 6) is -0.669. The van der Waals surface area contributed by atoms with E-state index >= 15 is 0 Å². The summed E-state index contributed by atoms with van der Waals surface area (Å²) in [4.78, 5) is 26.9. The van der Waals surface area contributed by atoms with Crippen molar-refractivity contribution in [1.82, 2.24) is 4.90 Å². The monoisotopic (exact) mass is 353 g/mol. The highest BCUT2D eigenvalue weighted by Crippen LogP contribution is 2.28. The van der Waals surface area contributed by atoms with Crippen molar-refractivity contribution in [2.75, 3.05) is 6.61 Å². The third-order valence-electron chi connectivity index (χ3n) is 4.50. The number of nitrogens with zero attached hydrogens (tertiary/aromatic N) is 1. The van der Waals surface area contributed by atoms with Crippen LogP contribution in [0.5, 0.6) is 0 Å². The van der Waals surface area contributed by atoms with E-state index in [9.17, 15) is 9.59 Å². The van der Waals surface area contributed by atoms with Gasteiger partial charge >= 0.3 is 5.97 Å². The number of rotatable bonds is 5. The molecule has 26 heavy (non-hydrogen) atoms. The molecule has 5 heteroatoms. The van der Waals surface area contributed by atoms with Crippen molar-refractivity contribution in [2.45, 2.75) is 38.6 Å². The summed E-state index contributed by atoms with van der Waals surface area (Å²) in [6.07, 6.45) is 0. The Bertz CT molecular complexity index is 758. The fraction of sp³-hybridized carbons (Fsp3) is 0.333. The van der Waals surface area contributed by atoms with Crippen LogP contribution >= 0.6 is 0 Å². The van der Waals surface area contributed by atoms with Crippen LogP contribution in [0.4, 0.5) is 0 Å². The molecule has 1 heterocycles. The quantitative estimate of drug-likeness (QED) is 0.776. The minimum absolute atomic E-state index is 0.0394. The van der Waals surface area contributed by atoms with E-state index in [1.54, 1.807) is 4.90 Å². The van der Waals surface area contributed by atoms with Crippen molar-refractivity contribution in [3.8, 4) is 0 Å². The van der Waals surface area contributed by atoms with Gasteiger partial charge in [-0.15, -0.1) is 0 Å². The van der Waals surface area contributed by atoms with Gasteiger partial charge in [-0.25, -0.2) is 4.79 Å². The Labute approximate surface area is 153 Å². The molecule has 1 atom stereocenters. The molecule has 1 amide bonds. The standard InChI is InChI=1S/C21H23NO4/c1-21(2)19(20(24)25-14-17-11-7-4-8-12-17)22(18(23)15-26-21)13-16-9-5-3-6-10-16/h3-12,19H,13-15H2,1-2H3. The van der Waals surface area contributed by atoms with Gasteiger partial charge in [0, 0.05) is 6.54 Å². The van der Waals surface area contributed by atoms with Crippen LogP contribution in [-0.4, -0.2) is 35.0 Å². The molecular formula is C21H23NO4. The maximum Gasteiger partial charge on any atom is 0.332 e. The Balaban J connectivity index is 1.78. The highest BCUT2D eigenvalue weighted by molar-refractivity contribution is 5.87. The Morgan fingerprint density at radius 2 is 1.65 bits per heavy atom. The Kier molecular flexibility index (Phi) is 5.38. The van der Waals surface area contributed by atoms with Gasteiger partial charge in [-0.3, -0.25) is 4.79 Å². The fourth-order valence-electron chi connectivity index (χ4n) is 3.11. The molecule has 1 aliphatic rings. The van der Waals surface area contributed by atoms with Crippen LogP contribution in [-0.2, 0) is 32.2 Å². The van der Waals surface area contributed by atoms with Gasteiger partial charge in [0.05, 0.1) is 5.60 Å². The number of morpholine rings is 1. The zero-order chi connectivity index (χ0) is 18.6. The molecule has 1 fully saturated rings.